The summed E-state index contributed by atoms with van der Waals surface area (Å²) in [4.78, 5) is 6.06. The minimum Gasteiger partial charge on any atom is -0.306 e. The first-order valence-corrected chi connectivity index (χ1v) is 8.90. The molecule has 0 saturated heterocycles. The standard InChI is InChI=1S/C17H28N2S/c1-4-12-18-16(17-13(2)19-14(3)20-17)15-10-8-6-5-7-9-11-15/h10,16,18H,4-9,11-12H2,1-3H3. The van der Waals surface area contributed by atoms with Crippen LogP contribution >= 0.6 is 11.3 Å². The van der Waals surface area contributed by atoms with Gasteiger partial charge in [0.25, 0.3) is 0 Å². The van der Waals surface area contributed by atoms with Gasteiger partial charge < -0.3 is 5.32 Å². The molecule has 1 aliphatic carbocycles. The van der Waals surface area contributed by atoms with Gasteiger partial charge in [0, 0.05) is 4.88 Å². The molecule has 112 valence electrons. The predicted molar refractivity (Wildman–Crippen MR) is 88.4 cm³/mol. The molecule has 0 aliphatic heterocycles. The van der Waals surface area contributed by atoms with Crippen LogP contribution in [0.1, 0.15) is 73.5 Å². The average molecular weight is 292 g/mol. The number of hydrogen-bond acceptors (Lipinski definition) is 3. The molecular weight excluding hydrogens is 264 g/mol. The second kappa shape index (κ2) is 7.94. The second-order valence-corrected chi connectivity index (χ2v) is 7.04. The van der Waals surface area contributed by atoms with Crippen LogP contribution in [0.3, 0.4) is 0 Å². The van der Waals surface area contributed by atoms with Crippen molar-refractivity contribution >= 4 is 11.3 Å². The zero-order valence-corrected chi connectivity index (χ0v) is 14.0. The molecule has 2 nitrogen and oxygen atoms in total. The topological polar surface area (TPSA) is 24.9 Å². The minimum atomic E-state index is 0.402. The zero-order valence-electron chi connectivity index (χ0n) is 13.2. The summed E-state index contributed by atoms with van der Waals surface area (Å²) in [6.45, 7) is 7.59. The van der Waals surface area contributed by atoms with Crippen molar-refractivity contribution in [3.8, 4) is 0 Å². The number of rotatable bonds is 5. The number of allylic oxidation sites excluding steroid dienone is 1. The Labute approximate surface area is 127 Å². The zero-order chi connectivity index (χ0) is 14.4. The first-order chi connectivity index (χ1) is 9.72. The van der Waals surface area contributed by atoms with E-state index in [2.05, 4.69) is 37.1 Å². The molecular formula is C17H28N2S. The first kappa shape index (κ1) is 15.7. The van der Waals surface area contributed by atoms with E-state index in [0.717, 1.165) is 6.54 Å². The van der Waals surface area contributed by atoms with Gasteiger partial charge in [0.05, 0.1) is 16.7 Å². The third-order valence-corrected chi connectivity index (χ3v) is 5.13. The summed E-state index contributed by atoms with van der Waals surface area (Å²) in [5, 5.41) is 4.95. The van der Waals surface area contributed by atoms with Crippen LogP contribution in [-0.2, 0) is 0 Å². The van der Waals surface area contributed by atoms with E-state index in [4.69, 9.17) is 0 Å². The third kappa shape index (κ3) is 4.16. The normalized spacial score (nSPS) is 18.2. The summed E-state index contributed by atoms with van der Waals surface area (Å²) in [7, 11) is 0. The van der Waals surface area contributed by atoms with Crippen molar-refractivity contribution in [2.24, 2.45) is 0 Å². The van der Waals surface area contributed by atoms with Crippen molar-refractivity contribution < 1.29 is 0 Å². The Kier molecular flexibility index (Phi) is 6.24. The van der Waals surface area contributed by atoms with E-state index in [-0.39, 0.29) is 0 Å². The van der Waals surface area contributed by atoms with Crippen LogP contribution in [-0.4, -0.2) is 11.5 Å². The lowest BCUT2D eigenvalue weighted by molar-refractivity contribution is 0.543. The van der Waals surface area contributed by atoms with Crippen LogP contribution in [0.5, 0.6) is 0 Å². The third-order valence-electron chi connectivity index (χ3n) is 4.00. The van der Waals surface area contributed by atoms with E-state index in [9.17, 15) is 0 Å². The van der Waals surface area contributed by atoms with Crippen molar-refractivity contribution in [2.75, 3.05) is 6.54 Å². The summed E-state index contributed by atoms with van der Waals surface area (Å²) >= 11 is 1.86. The maximum atomic E-state index is 4.63. The summed E-state index contributed by atoms with van der Waals surface area (Å²) in [6, 6.07) is 0.402. The molecule has 1 unspecified atom stereocenters. The number of hydrogen-bond donors (Lipinski definition) is 1. The number of nitrogens with zero attached hydrogens (tertiary/aromatic N) is 1. The van der Waals surface area contributed by atoms with Crippen molar-refractivity contribution in [2.45, 2.75) is 71.8 Å². The fraction of sp³-hybridized carbons (Fsp3) is 0.706. The van der Waals surface area contributed by atoms with E-state index >= 15 is 0 Å². The van der Waals surface area contributed by atoms with Gasteiger partial charge in [-0.25, -0.2) is 4.98 Å². The van der Waals surface area contributed by atoms with Gasteiger partial charge in [0.15, 0.2) is 0 Å². The lowest BCUT2D eigenvalue weighted by Crippen LogP contribution is -2.24. The minimum absolute atomic E-state index is 0.402. The van der Waals surface area contributed by atoms with Crippen molar-refractivity contribution in [1.82, 2.24) is 10.3 Å². The van der Waals surface area contributed by atoms with E-state index in [1.54, 1.807) is 5.57 Å². The highest BCUT2D eigenvalue weighted by atomic mass is 32.1. The maximum absolute atomic E-state index is 4.63. The van der Waals surface area contributed by atoms with Crippen LogP contribution in [0, 0.1) is 13.8 Å². The average Bonchev–Trinajstić information content (AvgIpc) is 2.71. The Morgan fingerprint density at radius 2 is 2.05 bits per heavy atom. The molecule has 0 radical (unpaired) electrons. The molecule has 0 amide bonds. The van der Waals surface area contributed by atoms with Gasteiger partial charge in [-0.1, -0.05) is 31.4 Å². The van der Waals surface area contributed by atoms with Gasteiger partial charge in [0.1, 0.15) is 0 Å². The predicted octanol–water partition coefficient (Wildman–Crippen LogP) is 5.08. The van der Waals surface area contributed by atoms with Crippen molar-refractivity contribution in [3.05, 3.63) is 27.2 Å². The van der Waals surface area contributed by atoms with Crippen LogP contribution in [0.4, 0.5) is 0 Å². The first-order valence-electron chi connectivity index (χ1n) is 8.08. The van der Waals surface area contributed by atoms with Crippen molar-refractivity contribution in [1.29, 1.82) is 0 Å². The fourth-order valence-electron chi connectivity index (χ4n) is 2.97. The molecule has 1 aliphatic rings. The quantitative estimate of drug-likeness (QED) is 0.765. The highest BCUT2D eigenvalue weighted by Gasteiger charge is 2.21. The van der Waals surface area contributed by atoms with Crippen LogP contribution in [0.25, 0.3) is 0 Å². The van der Waals surface area contributed by atoms with Gasteiger partial charge in [0.2, 0.25) is 0 Å². The van der Waals surface area contributed by atoms with Gasteiger partial charge in [-0.05, 0) is 52.5 Å². The van der Waals surface area contributed by atoms with Crippen LogP contribution in [0.15, 0.2) is 11.6 Å². The molecule has 3 heteroatoms. The molecule has 1 aromatic heterocycles. The number of aryl methyl sites for hydroxylation is 2. The number of nitrogens with one attached hydrogen (secondary N) is 1. The molecule has 1 aromatic rings. The second-order valence-electron chi connectivity index (χ2n) is 5.80. The molecule has 0 bridgehead atoms. The summed E-state index contributed by atoms with van der Waals surface area (Å²) in [5.41, 5.74) is 2.81. The maximum Gasteiger partial charge on any atom is 0.0900 e. The molecule has 20 heavy (non-hydrogen) atoms. The van der Waals surface area contributed by atoms with Crippen LogP contribution < -0.4 is 5.32 Å². The molecule has 0 aromatic carbocycles. The monoisotopic (exact) mass is 292 g/mol. The lowest BCUT2D eigenvalue weighted by atomic mass is 9.93. The SMILES string of the molecule is CCCNC(C1=CCCCCCC1)c1sc(C)nc1C. The summed E-state index contributed by atoms with van der Waals surface area (Å²) in [5.74, 6) is 0. The van der Waals surface area contributed by atoms with Gasteiger partial charge in [-0.2, -0.15) is 0 Å². The molecule has 0 fully saturated rings. The largest absolute Gasteiger partial charge is 0.306 e. The molecule has 0 saturated carbocycles. The van der Waals surface area contributed by atoms with E-state index in [0.29, 0.717) is 6.04 Å². The Morgan fingerprint density at radius 1 is 1.25 bits per heavy atom. The summed E-state index contributed by atoms with van der Waals surface area (Å²) < 4.78 is 0. The number of thiazole rings is 1. The Morgan fingerprint density at radius 3 is 2.75 bits per heavy atom. The van der Waals surface area contributed by atoms with E-state index in [1.165, 1.54) is 60.5 Å². The highest BCUT2D eigenvalue weighted by Crippen LogP contribution is 2.33. The number of aromatic nitrogens is 1. The van der Waals surface area contributed by atoms with Gasteiger partial charge >= 0.3 is 0 Å². The van der Waals surface area contributed by atoms with Gasteiger partial charge in [-0.15, -0.1) is 11.3 Å². The molecule has 1 heterocycles. The van der Waals surface area contributed by atoms with Crippen LogP contribution in [0.2, 0.25) is 0 Å². The molecule has 2 rings (SSSR count). The van der Waals surface area contributed by atoms with Gasteiger partial charge in [-0.3, -0.25) is 0 Å². The Bertz CT molecular complexity index is 448. The van der Waals surface area contributed by atoms with Crippen molar-refractivity contribution in [3.63, 3.8) is 0 Å². The smallest absolute Gasteiger partial charge is 0.0900 e. The Balaban J connectivity index is 2.23. The fourth-order valence-corrected chi connectivity index (χ4v) is 4.02. The lowest BCUT2D eigenvalue weighted by Gasteiger charge is -2.23. The molecule has 1 atom stereocenters. The molecule has 0 spiro atoms. The molecule has 1 N–H and O–H groups in total. The Hall–Kier alpha value is -0.670. The van der Waals surface area contributed by atoms with E-state index in [1.807, 2.05) is 11.3 Å². The summed E-state index contributed by atoms with van der Waals surface area (Å²) in [6.07, 6.45) is 11.7. The van der Waals surface area contributed by atoms with E-state index < -0.39 is 0 Å². The highest BCUT2D eigenvalue weighted by molar-refractivity contribution is 7.11.